The molecule has 2 rings (SSSR count). The maximum absolute atomic E-state index is 11.4. The third-order valence-electron chi connectivity index (χ3n) is 2.98. The van der Waals surface area contributed by atoms with Gasteiger partial charge in [0.25, 0.3) is 0 Å². The fraction of sp³-hybridized carbons (Fsp3) is 0.417. The van der Waals surface area contributed by atoms with E-state index in [1.54, 1.807) is 6.07 Å². The van der Waals surface area contributed by atoms with Gasteiger partial charge in [-0.25, -0.2) is 4.79 Å². The minimum absolute atomic E-state index is 0.394. The van der Waals surface area contributed by atoms with Crippen LogP contribution in [0.2, 0.25) is 0 Å². The Bertz CT molecular complexity index is 400. The largest absolute Gasteiger partial charge is 0.465 e. The molecule has 0 unspecified atom stereocenters. The maximum Gasteiger partial charge on any atom is 0.340 e. The number of benzene rings is 1. The Morgan fingerprint density at radius 3 is 2.81 bits per heavy atom. The van der Waals surface area contributed by atoms with E-state index in [-0.39, 0.29) is 0 Å². The van der Waals surface area contributed by atoms with Crippen LogP contribution in [0.5, 0.6) is 0 Å². The molecule has 0 saturated heterocycles. The highest BCUT2D eigenvalue weighted by atomic mass is 16.5. The summed E-state index contributed by atoms with van der Waals surface area (Å²) in [6.07, 6.45) is 3.60. The van der Waals surface area contributed by atoms with Crippen molar-refractivity contribution in [1.82, 2.24) is 0 Å². The zero-order valence-corrected chi connectivity index (χ0v) is 9.32. The molecule has 4 nitrogen and oxygen atoms in total. The summed E-state index contributed by atoms with van der Waals surface area (Å²) in [5.74, 6) is -0.394. The van der Waals surface area contributed by atoms with E-state index >= 15 is 0 Å². The second-order valence-corrected chi connectivity index (χ2v) is 4.03. The fourth-order valence-corrected chi connectivity index (χ4v) is 1.75. The van der Waals surface area contributed by atoms with Gasteiger partial charge in [-0.05, 0) is 31.4 Å². The molecule has 0 aromatic heterocycles. The van der Waals surface area contributed by atoms with Crippen LogP contribution < -0.4 is 11.1 Å². The number of nitrogens with two attached hydrogens (primary N) is 1. The van der Waals surface area contributed by atoms with E-state index < -0.39 is 5.97 Å². The van der Waals surface area contributed by atoms with E-state index in [9.17, 15) is 4.79 Å². The van der Waals surface area contributed by atoms with Gasteiger partial charge in [-0.1, -0.05) is 6.07 Å². The number of hydrogen-bond donors (Lipinski definition) is 2. The molecular weight excluding hydrogens is 204 g/mol. The van der Waals surface area contributed by atoms with E-state index in [2.05, 4.69) is 10.1 Å². The quantitative estimate of drug-likeness (QED) is 0.604. The Hall–Kier alpha value is -1.71. The Morgan fingerprint density at radius 1 is 1.50 bits per heavy atom. The van der Waals surface area contributed by atoms with Crippen molar-refractivity contribution in [3.8, 4) is 0 Å². The van der Waals surface area contributed by atoms with Crippen molar-refractivity contribution in [3.05, 3.63) is 23.8 Å². The number of ether oxygens (including phenoxy) is 1. The molecule has 0 bridgehead atoms. The zero-order chi connectivity index (χ0) is 11.5. The molecule has 0 heterocycles. The molecule has 0 amide bonds. The molecule has 3 N–H and O–H groups in total. The minimum Gasteiger partial charge on any atom is -0.465 e. The molecule has 1 aromatic rings. The lowest BCUT2D eigenvalue weighted by Gasteiger charge is -2.28. The molecule has 1 aliphatic carbocycles. The molecule has 0 atom stereocenters. The Labute approximate surface area is 94.8 Å². The lowest BCUT2D eigenvalue weighted by atomic mass is 9.93. The van der Waals surface area contributed by atoms with Crippen LogP contribution in [-0.2, 0) is 4.74 Å². The molecule has 0 aliphatic heterocycles. The molecule has 4 heteroatoms. The van der Waals surface area contributed by atoms with Crippen molar-refractivity contribution in [2.24, 2.45) is 0 Å². The summed E-state index contributed by atoms with van der Waals surface area (Å²) in [7, 11) is 1.35. The lowest BCUT2D eigenvalue weighted by Crippen LogP contribution is -2.27. The topological polar surface area (TPSA) is 64.3 Å². The highest BCUT2D eigenvalue weighted by Gasteiger charge is 2.19. The van der Waals surface area contributed by atoms with E-state index in [0.717, 1.165) is 5.69 Å². The molecule has 1 aliphatic rings. The van der Waals surface area contributed by atoms with Crippen molar-refractivity contribution in [3.63, 3.8) is 0 Å². The van der Waals surface area contributed by atoms with Crippen LogP contribution >= 0.6 is 0 Å². The molecule has 1 aromatic carbocycles. The van der Waals surface area contributed by atoms with Crippen LogP contribution in [0, 0.1) is 0 Å². The first-order valence-corrected chi connectivity index (χ1v) is 5.45. The second kappa shape index (κ2) is 4.43. The molecule has 1 saturated carbocycles. The molecule has 86 valence electrons. The van der Waals surface area contributed by atoms with Crippen molar-refractivity contribution in [2.75, 3.05) is 18.2 Å². The van der Waals surface area contributed by atoms with Gasteiger partial charge in [-0.3, -0.25) is 0 Å². The van der Waals surface area contributed by atoms with Gasteiger partial charge in [0.2, 0.25) is 0 Å². The third kappa shape index (κ3) is 1.96. The number of carbonyl (C=O) groups excluding carboxylic acids is 1. The third-order valence-corrected chi connectivity index (χ3v) is 2.98. The van der Waals surface area contributed by atoms with E-state index in [4.69, 9.17) is 5.73 Å². The summed E-state index contributed by atoms with van der Waals surface area (Å²) >= 11 is 0. The molecule has 0 spiro atoms. The smallest absolute Gasteiger partial charge is 0.340 e. The van der Waals surface area contributed by atoms with Gasteiger partial charge in [-0.15, -0.1) is 0 Å². The van der Waals surface area contributed by atoms with Crippen LogP contribution in [0.15, 0.2) is 18.2 Å². The van der Waals surface area contributed by atoms with E-state index in [1.165, 1.54) is 26.4 Å². The Morgan fingerprint density at radius 2 is 2.25 bits per heavy atom. The first kappa shape index (κ1) is 10.8. The first-order valence-electron chi connectivity index (χ1n) is 5.45. The van der Waals surface area contributed by atoms with Gasteiger partial charge in [0.05, 0.1) is 24.0 Å². The first-order chi connectivity index (χ1) is 7.72. The SMILES string of the molecule is COC(=O)c1cccc(NC2CCC2)c1N. The van der Waals surface area contributed by atoms with Crippen molar-refractivity contribution in [1.29, 1.82) is 0 Å². The summed E-state index contributed by atoms with van der Waals surface area (Å²) < 4.78 is 4.67. The summed E-state index contributed by atoms with van der Waals surface area (Å²) in [5, 5.41) is 3.33. The van der Waals surface area contributed by atoms with Crippen LogP contribution in [-0.4, -0.2) is 19.1 Å². The minimum atomic E-state index is -0.394. The molecular formula is C12H16N2O2. The number of hydrogen-bond acceptors (Lipinski definition) is 4. The molecule has 1 fully saturated rings. The number of esters is 1. The number of para-hydroxylation sites is 1. The standard InChI is InChI=1S/C12H16N2O2/c1-16-12(15)9-6-3-7-10(11(9)13)14-8-4-2-5-8/h3,6-8,14H,2,4-5,13H2,1H3. The summed E-state index contributed by atoms with van der Waals surface area (Å²) in [6, 6.07) is 5.87. The van der Waals surface area contributed by atoms with Crippen LogP contribution in [0.3, 0.4) is 0 Å². The average molecular weight is 220 g/mol. The van der Waals surface area contributed by atoms with Gasteiger partial charge < -0.3 is 15.8 Å². The van der Waals surface area contributed by atoms with Crippen molar-refractivity contribution < 1.29 is 9.53 Å². The lowest BCUT2D eigenvalue weighted by molar-refractivity contribution is 0.0602. The highest BCUT2D eigenvalue weighted by Crippen LogP contribution is 2.28. The van der Waals surface area contributed by atoms with Gasteiger partial charge >= 0.3 is 5.97 Å². The van der Waals surface area contributed by atoms with Crippen LogP contribution in [0.4, 0.5) is 11.4 Å². The normalized spacial score (nSPS) is 15.3. The van der Waals surface area contributed by atoms with E-state index in [0.29, 0.717) is 17.3 Å². The van der Waals surface area contributed by atoms with Gasteiger partial charge in [0, 0.05) is 6.04 Å². The van der Waals surface area contributed by atoms with Crippen molar-refractivity contribution in [2.45, 2.75) is 25.3 Å². The summed E-state index contributed by atoms with van der Waals surface area (Å²) in [6.45, 7) is 0. The molecule has 16 heavy (non-hydrogen) atoms. The Kier molecular flexibility index (Phi) is 2.99. The van der Waals surface area contributed by atoms with Crippen molar-refractivity contribution >= 4 is 17.3 Å². The van der Waals surface area contributed by atoms with Gasteiger partial charge in [0.15, 0.2) is 0 Å². The predicted octanol–water partition coefficient (Wildman–Crippen LogP) is 2.02. The van der Waals surface area contributed by atoms with Crippen LogP contribution in [0.1, 0.15) is 29.6 Å². The summed E-state index contributed by atoms with van der Waals surface area (Å²) in [5.41, 5.74) is 7.65. The fourth-order valence-electron chi connectivity index (χ4n) is 1.75. The zero-order valence-electron chi connectivity index (χ0n) is 9.32. The van der Waals surface area contributed by atoms with Gasteiger partial charge in [0.1, 0.15) is 0 Å². The average Bonchev–Trinajstić information content (AvgIpc) is 2.24. The molecule has 0 radical (unpaired) electrons. The second-order valence-electron chi connectivity index (χ2n) is 4.03. The summed E-state index contributed by atoms with van der Waals surface area (Å²) in [4.78, 5) is 11.4. The maximum atomic E-state index is 11.4. The highest BCUT2D eigenvalue weighted by molar-refractivity contribution is 5.98. The van der Waals surface area contributed by atoms with Crippen LogP contribution in [0.25, 0.3) is 0 Å². The Balaban J connectivity index is 2.21. The number of nitrogen functional groups attached to an aromatic ring is 1. The number of anilines is 2. The number of nitrogens with one attached hydrogen (secondary N) is 1. The number of methoxy groups -OCH3 is 1. The monoisotopic (exact) mass is 220 g/mol. The van der Waals surface area contributed by atoms with E-state index in [1.807, 2.05) is 12.1 Å². The predicted molar refractivity (Wildman–Crippen MR) is 63.5 cm³/mol. The van der Waals surface area contributed by atoms with Gasteiger partial charge in [-0.2, -0.15) is 0 Å². The number of rotatable bonds is 3. The number of carbonyl (C=O) groups is 1.